The maximum atomic E-state index is 11.0. The molecule has 1 saturated heterocycles. The number of hydrogen-bond acceptors (Lipinski definition) is 3. The van der Waals surface area contributed by atoms with Crippen molar-refractivity contribution >= 4 is 5.91 Å². The third-order valence-corrected chi connectivity index (χ3v) is 2.76. The first kappa shape index (κ1) is 10.5. The van der Waals surface area contributed by atoms with E-state index in [0.717, 1.165) is 19.4 Å². The van der Waals surface area contributed by atoms with E-state index in [0.29, 0.717) is 12.1 Å². The Labute approximate surface area is 79.5 Å². The number of piperidine rings is 1. The molecule has 0 bridgehead atoms. The van der Waals surface area contributed by atoms with Gasteiger partial charge >= 0.3 is 0 Å². The zero-order valence-corrected chi connectivity index (χ0v) is 8.42. The number of nitrogens with one attached hydrogen (secondary N) is 1. The minimum Gasteiger partial charge on any atom is -0.352 e. The van der Waals surface area contributed by atoms with E-state index >= 15 is 0 Å². The molecule has 2 atom stereocenters. The van der Waals surface area contributed by atoms with E-state index in [-0.39, 0.29) is 12.5 Å². The summed E-state index contributed by atoms with van der Waals surface area (Å²) in [6, 6.07) is 0.874. The van der Waals surface area contributed by atoms with Crippen LogP contribution in [0.15, 0.2) is 0 Å². The second kappa shape index (κ2) is 4.58. The first-order valence-electron chi connectivity index (χ1n) is 4.83. The lowest BCUT2D eigenvalue weighted by atomic mass is 9.99. The van der Waals surface area contributed by atoms with Crippen LogP contribution in [0, 0.1) is 0 Å². The van der Waals surface area contributed by atoms with Crippen molar-refractivity contribution < 1.29 is 4.79 Å². The molecule has 0 aromatic rings. The lowest BCUT2D eigenvalue weighted by Gasteiger charge is -2.35. The summed E-state index contributed by atoms with van der Waals surface area (Å²) in [5, 5.41) is 2.93. The van der Waals surface area contributed by atoms with Crippen LogP contribution in [0.2, 0.25) is 0 Å². The average molecular weight is 185 g/mol. The van der Waals surface area contributed by atoms with E-state index in [1.165, 1.54) is 0 Å². The molecular weight excluding hydrogens is 166 g/mol. The number of nitrogens with zero attached hydrogens (tertiary/aromatic N) is 1. The highest BCUT2D eigenvalue weighted by atomic mass is 16.1. The predicted octanol–water partition coefficient (Wildman–Crippen LogP) is -0.456. The van der Waals surface area contributed by atoms with Gasteiger partial charge in [-0.25, -0.2) is 0 Å². The molecule has 3 N–H and O–H groups in total. The molecule has 1 rings (SSSR count). The molecule has 0 saturated carbocycles. The van der Waals surface area contributed by atoms with Gasteiger partial charge in [0.05, 0.1) is 6.54 Å². The minimum atomic E-state index is -0.0400. The van der Waals surface area contributed by atoms with E-state index in [4.69, 9.17) is 5.73 Å². The van der Waals surface area contributed by atoms with Gasteiger partial charge < -0.3 is 16.0 Å². The summed E-state index contributed by atoms with van der Waals surface area (Å²) >= 11 is 0. The van der Waals surface area contributed by atoms with E-state index < -0.39 is 0 Å². The van der Waals surface area contributed by atoms with Gasteiger partial charge in [0, 0.05) is 18.6 Å². The second-order valence-electron chi connectivity index (χ2n) is 3.82. The molecule has 13 heavy (non-hydrogen) atoms. The summed E-state index contributed by atoms with van der Waals surface area (Å²) in [5.41, 5.74) is 5.23. The first-order valence-corrected chi connectivity index (χ1v) is 4.83. The van der Waals surface area contributed by atoms with E-state index in [2.05, 4.69) is 24.2 Å². The van der Waals surface area contributed by atoms with Gasteiger partial charge in [-0.05, 0) is 26.8 Å². The molecule has 0 radical (unpaired) electrons. The Morgan fingerprint density at radius 1 is 1.69 bits per heavy atom. The predicted molar refractivity (Wildman–Crippen MR) is 52.3 cm³/mol. The number of rotatable bonds is 2. The van der Waals surface area contributed by atoms with Crippen LogP contribution in [0.4, 0.5) is 0 Å². The topological polar surface area (TPSA) is 58.4 Å². The summed E-state index contributed by atoms with van der Waals surface area (Å²) in [5.74, 6) is -0.0400. The molecule has 0 aliphatic carbocycles. The molecule has 0 aromatic heterocycles. The minimum absolute atomic E-state index is 0.0400. The quantitative estimate of drug-likeness (QED) is 0.612. The Hall–Kier alpha value is -0.610. The third-order valence-electron chi connectivity index (χ3n) is 2.76. The number of nitrogens with two attached hydrogens (primary N) is 1. The molecule has 0 aromatic carbocycles. The molecule has 4 nitrogen and oxygen atoms in total. The van der Waals surface area contributed by atoms with E-state index in [1.807, 2.05) is 0 Å². The largest absolute Gasteiger partial charge is 0.352 e. The summed E-state index contributed by atoms with van der Waals surface area (Å²) < 4.78 is 0. The van der Waals surface area contributed by atoms with Crippen LogP contribution < -0.4 is 11.1 Å². The fourth-order valence-corrected chi connectivity index (χ4v) is 1.71. The molecule has 0 spiro atoms. The van der Waals surface area contributed by atoms with Gasteiger partial charge in [0.15, 0.2) is 0 Å². The zero-order chi connectivity index (χ0) is 9.84. The standard InChI is InChI=1S/C9H19N3O/c1-7-5-8(3-4-12(7)2)11-9(13)6-10/h7-8H,3-6,10H2,1-2H3,(H,11,13). The Morgan fingerprint density at radius 3 is 2.92 bits per heavy atom. The monoisotopic (exact) mass is 185 g/mol. The van der Waals surface area contributed by atoms with Crippen molar-refractivity contribution in [2.75, 3.05) is 20.1 Å². The number of likely N-dealkylation sites (tertiary alicyclic amines) is 1. The van der Waals surface area contributed by atoms with Crippen LogP contribution >= 0.6 is 0 Å². The summed E-state index contributed by atoms with van der Waals surface area (Å²) in [6.07, 6.45) is 2.06. The number of carbonyl (C=O) groups is 1. The number of carbonyl (C=O) groups excluding carboxylic acids is 1. The molecular formula is C9H19N3O. The molecule has 1 aliphatic rings. The molecule has 4 heteroatoms. The number of hydrogen-bond donors (Lipinski definition) is 2. The number of amides is 1. The van der Waals surface area contributed by atoms with Crippen LogP contribution in [-0.2, 0) is 4.79 Å². The molecule has 1 heterocycles. The lowest BCUT2D eigenvalue weighted by molar-refractivity contribution is -0.120. The Kier molecular flexibility index (Phi) is 3.69. The van der Waals surface area contributed by atoms with Gasteiger partial charge in [-0.15, -0.1) is 0 Å². The van der Waals surface area contributed by atoms with Gasteiger partial charge in [-0.1, -0.05) is 0 Å². The maximum Gasteiger partial charge on any atom is 0.233 e. The van der Waals surface area contributed by atoms with Crippen LogP contribution in [0.3, 0.4) is 0 Å². The average Bonchev–Trinajstić information content (AvgIpc) is 2.11. The molecule has 76 valence electrons. The highest BCUT2D eigenvalue weighted by Crippen LogP contribution is 2.14. The fraction of sp³-hybridized carbons (Fsp3) is 0.889. The maximum absolute atomic E-state index is 11.0. The van der Waals surface area contributed by atoms with Gasteiger partial charge in [0.25, 0.3) is 0 Å². The van der Waals surface area contributed by atoms with Crippen molar-refractivity contribution in [2.45, 2.75) is 31.8 Å². The second-order valence-corrected chi connectivity index (χ2v) is 3.82. The smallest absolute Gasteiger partial charge is 0.233 e. The van der Waals surface area contributed by atoms with E-state index in [1.54, 1.807) is 0 Å². The Bertz CT molecular complexity index is 184. The summed E-state index contributed by atoms with van der Waals surface area (Å²) in [6.45, 7) is 3.33. The van der Waals surface area contributed by atoms with Crippen molar-refractivity contribution in [3.05, 3.63) is 0 Å². The highest BCUT2D eigenvalue weighted by Gasteiger charge is 2.23. The van der Waals surface area contributed by atoms with Gasteiger partial charge in [-0.3, -0.25) is 4.79 Å². The molecule has 2 unspecified atom stereocenters. The summed E-state index contributed by atoms with van der Waals surface area (Å²) in [4.78, 5) is 13.3. The SMILES string of the molecule is CC1CC(NC(=O)CN)CCN1C. The summed E-state index contributed by atoms with van der Waals surface area (Å²) in [7, 11) is 2.12. The van der Waals surface area contributed by atoms with Crippen LogP contribution in [0.5, 0.6) is 0 Å². The first-order chi connectivity index (χ1) is 6.13. The third kappa shape index (κ3) is 2.97. The van der Waals surface area contributed by atoms with Gasteiger partial charge in [-0.2, -0.15) is 0 Å². The van der Waals surface area contributed by atoms with Crippen molar-refractivity contribution in [3.8, 4) is 0 Å². The highest BCUT2D eigenvalue weighted by molar-refractivity contribution is 5.78. The fourth-order valence-electron chi connectivity index (χ4n) is 1.71. The lowest BCUT2D eigenvalue weighted by Crippen LogP contribution is -2.48. The molecule has 1 fully saturated rings. The van der Waals surface area contributed by atoms with Gasteiger partial charge in [0.2, 0.25) is 5.91 Å². The van der Waals surface area contributed by atoms with Crippen molar-refractivity contribution in [1.82, 2.24) is 10.2 Å². The Balaban J connectivity index is 2.33. The zero-order valence-electron chi connectivity index (χ0n) is 8.42. The molecule has 1 aliphatic heterocycles. The van der Waals surface area contributed by atoms with Crippen LogP contribution in [-0.4, -0.2) is 43.0 Å². The van der Waals surface area contributed by atoms with Crippen LogP contribution in [0.1, 0.15) is 19.8 Å². The molecule has 1 amide bonds. The van der Waals surface area contributed by atoms with Crippen molar-refractivity contribution in [1.29, 1.82) is 0 Å². The Morgan fingerprint density at radius 2 is 2.38 bits per heavy atom. The van der Waals surface area contributed by atoms with E-state index in [9.17, 15) is 4.79 Å². The normalized spacial score (nSPS) is 30.1. The van der Waals surface area contributed by atoms with Crippen LogP contribution in [0.25, 0.3) is 0 Å². The van der Waals surface area contributed by atoms with Gasteiger partial charge in [0.1, 0.15) is 0 Å². The van der Waals surface area contributed by atoms with Crippen molar-refractivity contribution in [3.63, 3.8) is 0 Å². The van der Waals surface area contributed by atoms with Crippen molar-refractivity contribution in [2.24, 2.45) is 5.73 Å².